The number of aryl methyl sites for hydroxylation is 1. The van der Waals surface area contributed by atoms with Crippen LogP contribution in [0.2, 0.25) is 0 Å². The van der Waals surface area contributed by atoms with E-state index in [0.29, 0.717) is 35.6 Å². The zero-order chi connectivity index (χ0) is 18.4. The fourth-order valence-corrected chi connectivity index (χ4v) is 3.79. The van der Waals surface area contributed by atoms with Gasteiger partial charge in [0.1, 0.15) is 11.6 Å². The monoisotopic (exact) mass is 357 g/mol. The average Bonchev–Trinajstić information content (AvgIpc) is 2.88. The van der Waals surface area contributed by atoms with Gasteiger partial charge in [0.05, 0.1) is 28.7 Å². The maximum Gasteiger partial charge on any atom is 0.261 e. The second kappa shape index (κ2) is 6.09. The molecule has 0 spiro atoms. The standard InChI is InChI=1S/C21H19N5O/c22-19-18-17(24-26(19)13-14-7-2-1-3-8-14)11-6-12-25-20(18)23-16-10-5-4-9-15(16)21(25)27/h1-5,7-10H,6,11-13,22H2. The molecule has 2 aromatic carbocycles. The summed E-state index contributed by atoms with van der Waals surface area (Å²) in [6.07, 6.45) is 1.61. The normalized spacial score (nSPS) is 13.2. The Hall–Kier alpha value is -3.41. The van der Waals surface area contributed by atoms with Crippen molar-refractivity contribution in [1.82, 2.24) is 19.3 Å². The second-order valence-corrected chi connectivity index (χ2v) is 6.86. The largest absolute Gasteiger partial charge is 0.383 e. The molecule has 2 aromatic heterocycles. The lowest BCUT2D eigenvalue weighted by Gasteiger charge is -2.11. The van der Waals surface area contributed by atoms with Crippen molar-refractivity contribution >= 4 is 16.7 Å². The number of nitrogen functional groups attached to an aromatic ring is 1. The Labute approximate surface area is 155 Å². The van der Waals surface area contributed by atoms with Crippen molar-refractivity contribution < 1.29 is 0 Å². The number of nitrogens with two attached hydrogens (primary N) is 1. The van der Waals surface area contributed by atoms with Gasteiger partial charge in [0.2, 0.25) is 0 Å². The summed E-state index contributed by atoms with van der Waals surface area (Å²) in [5.41, 5.74) is 10.0. The Morgan fingerprint density at radius 1 is 1.04 bits per heavy atom. The highest BCUT2D eigenvalue weighted by atomic mass is 16.1. The summed E-state index contributed by atoms with van der Waals surface area (Å²) >= 11 is 0. The van der Waals surface area contributed by atoms with Gasteiger partial charge in [-0.15, -0.1) is 0 Å². The highest BCUT2D eigenvalue weighted by Crippen LogP contribution is 2.32. The van der Waals surface area contributed by atoms with Crippen molar-refractivity contribution in [3.8, 4) is 11.4 Å². The fourth-order valence-electron chi connectivity index (χ4n) is 3.79. The van der Waals surface area contributed by atoms with Crippen molar-refractivity contribution in [2.45, 2.75) is 25.9 Å². The van der Waals surface area contributed by atoms with Crippen LogP contribution in [0.4, 0.5) is 5.82 Å². The van der Waals surface area contributed by atoms with Gasteiger partial charge < -0.3 is 5.73 Å². The van der Waals surface area contributed by atoms with Crippen LogP contribution in [0, 0.1) is 0 Å². The van der Waals surface area contributed by atoms with Crippen molar-refractivity contribution in [2.75, 3.05) is 5.73 Å². The Bertz CT molecular complexity index is 1210. The molecule has 3 heterocycles. The zero-order valence-corrected chi connectivity index (χ0v) is 14.8. The van der Waals surface area contributed by atoms with Crippen LogP contribution in [-0.4, -0.2) is 19.3 Å². The van der Waals surface area contributed by atoms with Crippen LogP contribution in [0.25, 0.3) is 22.3 Å². The molecule has 0 radical (unpaired) electrons. The van der Waals surface area contributed by atoms with E-state index in [4.69, 9.17) is 15.8 Å². The van der Waals surface area contributed by atoms with Gasteiger partial charge in [-0.2, -0.15) is 5.10 Å². The molecule has 6 heteroatoms. The first-order chi connectivity index (χ1) is 13.2. The number of nitrogens with zero attached hydrogens (tertiary/aromatic N) is 4. The number of benzene rings is 2. The van der Waals surface area contributed by atoms with Crippen LogP contribution in [0.5, 0.6) is 0 Å². The van der Waals surface area contributed by atoms with Crippen LogP contribution in [-0.2, 0) is 19.5 Å². The van der Waals surface area contributed by atoms with E-state index in [1.165, 1.54) is 0 Å². The molecule has 1 aliphatic heterocycles. The minimum atomic E-state index is -0.0151. The summed E-state index contributed by atoms with van der Waals surface area (Å²) in [6, 6.07) is 17.6. The summed E-state index contributed by atoms with van der Waals surface area (Å²) in [5, 5.41) is 5.39. The summed E-state index contributed by atoms with van der Waals surface area (Å²) in [5.74, 6) is 1.19. The molecule has 0 atom stereocenters. The van der Waals surface area contributed by atoms with E-state index in [2.05, 4.69) is 12.1 Å². The smallest absolute Gasteiger partial charge is 0.261 e. The van der Waals surface area contributed by atoms with E-state index < -0.39 is 0 Å². The van der Waals surface area contributed by atoms with Gasteiger partial charge in [0, 0.05) is 6.54 Å². The lowest BCUT2D eigenvalue weighted by molar-refractivity contribution is 0.617. The number of fused-ring (bicyclic) bond motifs is 4. The molecule has 5 rings (SSSR count). The maximum absolute atomic E-state index is 13.0. The third kappa shape index (κ3) is 2.52. The van der Waals surface area contributed by atoms with Crippen LogP contribution in [0.15, 0.2) is 59.4 Å². The quantitative estimate of drug-likeness (QED) is 0.598. The topological polar surface area (TPSA) is 78.7 Å². The molecule has 0 aliphatic carbocycles. The highest BCUT2D eigenvalue weighted by Gasteiger charge is 2.25. The van der Waals surface area contributed by atoms with E-state index in [-0.39, 0.29) is 5.56 Å². The van der Waals surface area contributed by atoms with Crippen molar-refractivity contribution in [2.24, 2.45) is 0 Å². The molecule has 0 saturated heterocycles. The molecular weight excluding hydrogens is 338 g/mol. The summed E-state index contributed by atoms with van der Waals surface area (Å²) < 4.78 is 3.57. The third-order valence-corrected chi connectivity index (χ3v) is 5.12. The predicted octanol–water partition coefficient (Wildman–Crippen LogP) is 2.84. The predicted molar refractivity (Wildman–Crippen MR) is 106 cm³/mol. The lowest BCUT2D eigenvalue weighted by Crippen LogP contribution is -2.23. The molecule has 0 bridgehead atoms. The Morgan fingerprint density at radius 2 is 1.81 bits per heavy atom. The lowest BCUT2D eigenvalue weighted by atomic mass is 10.1. The van der Waals surface area contributed by atoms with Crippen LogP contribution < -0.4 is 11.3 Å². The van der Waals surface area contributed by atoms with Gasteiger partial charge >= 0.3 is 0 Å². The zero-order valence-electron chi connectivity index (χ0n) is 14.8. The van der Waals surface area contributed by atoms with E-state index in [9.17, 15) is 4.79 Å². The third-order valence-electron chi connectivity index (χ3n) is 5.12. The Kier molecular flexibility index (Phi) is 3.57. The van der Waals surface area contributed by atoms with Crippen molar-refractivity contribution in [3.63, 3.8) is 0 Å². The van der Waals surface area contributed by atoms with Crippen LogP contribution in [0.3, 0.4) is 0 Å². The molecular formula is C21H19N5O. The number of para-hydroxylation sites is 1. The summed E-state index contributed by atoms with van der Waals surface area (Å²) in [4.78, 5) is 17.8. The molecule has 4 aromatic rings. The fraction of sp³-hybridized carbons (Fsp3) is 0.190. The second-order valence-electron chi connectivity index (χ2n) is 6.86. The first kappa shape index (κ1) is 15.8. The average molecular weight is 357 g/mol. The van der Waals surface area contributed by atoms with Crippen LogP contribution >= 0.6 is 0 Å². The molecule has 134 valence electrons. The number of anilines is 1. The molecule has 2 N–H and O–H groups in total. The number of hydrogen-bond donors (Lipinski definition) is 1. The van der Waals surface area contributed by atoms with Gasteiger partial charge in [0.15, 0.2) is 0 Å². The molecule has 0 fully saturated rings. The first-order valence-corrected chi connectivity index (χ1v) is 9.11. The Morgan fingerprint density at radius 3 is 2.67 bits per heavy atom. The first-order valence-electron chi connectivity index (χ1n) is 9.11. The summed E-state index contributed by atoms with van der Waals surface area (Å²) in [6.45, 7) is 1.22. The van der Waals surface area contributed by atoms with E-state index in [1.54, 1.807) is 4.57 Å². The molecule has 6 nitrogen and oxygen atoms in total. The molecule has 27 heavy (non-hydrogen) atoms. The van der Waals surface area contributed by atoms with Gasteiger partial charge in [-0.1, -0.05) is 42.5 Å². The maximum atomic E-state index is 13.0. The number of aromatic nitrogens is 4. The minimum Gasteiger partial charge on any atom is -0.383 e. The molecule has 0 amide bonds. The molecule has 0 saturated carbocycles. The molecule has 1 aliphatic rings. The highest BCUT2D eigenvalue weighted by molar-refractivity contribution is 5.82. The number of rotatable bonds is 2. The SMILES string of the molecule is Nc1c2c(nn1Cc1ccccc1)CCCn1c-2nc2ccccc2c1=O. The van der Waals surface area contributed by atoms with Gasteiger partial charge in [0.25, 0.3) is 5.56 Å². The van der Waals surface area contributed by atoms with Crippen molar-refractivity contribution in [3.05, 3.63) is 76.2 Å². The summed E-state index contributed by atoms with van der Waals surface area (Å²) in [7, 11) is 0. The van der Waals surface area contributed by atoms with Gasteiger partial charge in [-0.3, -0.25) is 9.36 Å². The van der Waals surface area contributed by atoms with Gasteiger partial charge in [-0.25, -0.2) is 9.67 Å². The van der Waals surface area contributed by atoms with Crippen LogP contribution in [0.1, 0.15) is 17.7 Å². The van der Waals surface area contributed by atoms with E-state index in [1.807, 2.05) is 47.1 Å². The minimum absolute atomic E-state index is 0.0151. The van der Waals surface area contributed by atoms with E-state index in [0.717, 1.165) is 29.7 Å². The van der Waals surface area contributed by atoms with E-state index >= 15 is 0 Å². The Balaban J connectivity index is 1.72. The van der Waals surface area contributed by atoms with Gasteiger partial charge in [-0.05, 0) is 30.5 Å². The number of hydrogen-bond acceptors (Lipinski definition) is 4. The molecule has 0 unspecified atom stereocenters. The van der Waals surface area contributed by atoms with Crippen molar-refractivity contribution in [1.29, 1.82) is 0 Å².